The molecule has 0 spiro atoms. The van der Waals surface area contributed by atoms with E-state index in [1.807, 2.05) is 0 Å². The van der Waals surface area contributed by atoms with E-state index in [1.165, 1.54) is 57.1 Å². The standard InChI is InChI=1S/C28H36F3N3O4S/c1-2-3-4-5-6-7-8-9-10-11-26-32-27(38-33-26)24-16-12-22(13-17-24)20-34(35)21-23-14-18-25(19-15-23)39(36,37)28(29,30)31/h12-19,34H,2-11,20-21H2,1H3. The number of unbranched alkanes of at least 4 members (excludes halogenated alkanes) is 8. The second kappa shape index (κ2) is 14.6. The molecular weight excluding hydrogens is 531 g/mol. The lowest BCUT2D eigenvalue weighted by atomic mass is 10.1. The molecule has 3 aromatic rings. The lowest BCUT2D eigenvalue weighted by molar-refractivity contribution is -0.876. The van der Waals surface area contributed by atoms with Gasteiger partial charge in [0.15, 0.2) is 5.82 Å². The van der Waals surface area contributed by atoms with E-state index >= 15 is 0 Å². The van der Waals surface area contributed by atoms with Crippen LogP contribution >= 0.6 is 0 Å². The van der Waals surface area contributed by atoms with Crippen molar-refractivity contribution in [3.63, 3.8) is 0 Å². The molecule has 0 saturated carbocycles. The van der Waals surface area contributed by atoms with Crippen LogP contribution in [0.1, 0.15) is 81.7 Å². The van der Waals surface area contributed by atoms with E-state index in [0.717, 1.165) is 42.5 Å². The van der Waals surface area contributed by atoms with E-state index in [-0.39, 0.29) is 18.2 Å². The van der Waals surface area contributed by atoms with Crippen LogP contribution in [0.4, 0.5) is 13.2 Å². The Bertz CT molecular complexity index is 1240. The lowest BCUT2D eigenvalue weighted by Crippen LogP contribution is -3.04. The number of aryl methyl sites for hydroxylation is 1. The minimum atomic E-state index is -5.41. The van der Waals surface area contributed by atoms with Crippen molar-refractivity contribution >= 4 is 9.84 Å². The molecule has 0 radical (unpaired) electrons. The van der Waals surface area contributed by atoms with Crippen molar-refractivity contribution in [1.82, 2.24) is 10.1 Å². The summed E-state index contributed by atoms with van der Waals surface area (Å²) in [5.74, 6) is 1.11. The first-order valence-corrected chi connectivity index (χ1v) is 14.9. The number of halogens is 3. The largest absolute Gasteiger partial charge is 0.634 e. The molecule has 1 aromatic heterocycles. The first kappa shape index (κ1) is 30.8. The molecule has 0 aliphatic carbocycles. The number of quaternary nitrogens is 1. The second-order valence-electron chi connectivity index (χ2n) is 9.78. The lowest BCUT2D eigenvalue weighted by Gasteiger charge is -2.22. The van der Waals surface area contributed by atoms with Gasteiger partial charge in [-0.25, -0.2) is 8.42 Å². The number of aromatic nitrogens is 2. The van der Waals surface area contributed by atoms with Crippen LogP contribution in [0.5, 0.6) is 0 Å². The topological polar surface area (TPSA) is 101 Å². The fourth-order valence-corrected chi connectivity index (χ4v) is 5.03. The molecule has 0 bridgehead atoms. The Kier molecular flexibility index (Phi) is 11.5. The van der Waals surface area contributed by atoms with Crippen LogP contribution in [0.2, 0.25) is 0 Å². The quantitative estimate of drug-likeness (QED) is 0.164. The maximum atomic E-state index is 12.7. The number of hydrogen-bond acceptors (Lipinski definition) is 6. The van der Waals surface area contributed by atoms with E-state index < -0.39 is 20.2 Å². The summed E-state index contributed by atoms with van der Waals surface area (Å²) < 4.78 is 66.4. The Balaban J connectivity index is 1.43. The normalized spacial score (nSPS) is 13.1. The van der Waals surface area contributed by atoms with Crippen LogP contribution in [0.15, 0.2) is 57.9 Å². The van der Waals surface area contributed by atoms with Crippen LogP contribution in [-0.4, -0.2) is 24.1 Å². The van der Waals surface area contributed by atoms with Gasteiger partial charge in [-0.3, -0.25) is 0 Å². The van der Waals surface area contributed by atoms with Crippen molar-refractivity contribution in [1.29, 1.82) is 0 Å². The summed E-state index contributed by atoms with van der Waals surface area (Å²) >= 11 is 0. The van der Waals surface area contributed by atoms with Crippen LogP contribution in [-0.2, 0) is 29.3 Å². The molecule has 3 rings (SSSR count). The maximum absolute atomic E-state index is 12.7. The highest BCUT2D eigenvalue weighted by molar-refractivity contribution is 7.92. The summed E-state index contributed by atoms with van der Waals surface area (Å²) in [6.07, 6.45) is 12.0. The van der Waals surface area contributed by atoms with Gasteiger partial charge in [0.05, 0.1) is 4.90 Å². The van der Waals surface area contributed by atoms with Gasteiger partial charge in [0, 0.05) is 23.1 Å². The SMILES string of the molecule is CCCCCCCCCCCc1noc(-c2ccc(C[NH+]([O-])Cc3ccc(S(=O)(=O)C(F)(F)F)cc3)cc2)n1. The average Bonchev–Trinajstić information content (AvgIpc) is 3.37. The number of alkyl halides is 3. The van der Waals surface area contributed by atoms with Crippen molar-refractivity contribution in [2.75, 3.05) is 0 Å². The van der Waals surface area contributed by atoms with Crippen molar-refractivity contribution in [3.05, 3.63) is 70.7 Å². The molecule has 0 amide bonds. The molecular formula is C28H36F3N3O4S. The van der Waals surface area contributed by atoms with Crippen molar-refractivity contribution in [2.45, 2.75) is 94.6 Å². The van der Waals surface area contributed by atoms with Gasteiger partial charge in [0.1, 0.15) is 13.1 Å². The zero-order valence-corrected chi connectivity index (χ0v) is 23.0. The Morgan fingerprint density at radius 1 is 0.821 bits per heavy atom. The van der Waals surface area contributed by atoms with Crippen LogP contribution in [0.3, 0.4) is 0 Å². The minimum absolute atomic E-state index is 0.0278. The summed E-state index contributed by atoms with van der Waals surface area (Å²) in [5, 5.41) is 16.4. The highest BCUT2D eigenvalue weighted by Crippen LogP contribution is 2.30. The predicted octanol–water partition coefficient (Wildman–Crippen LogP) is 6.19. The zero-order chi connectivity index (χ0) is 28.3. The number of rotatable bonds is 16. The van der Waals surface area contributed by atoms with Crippen LogP contribution in [0, 0.1) is 5.21 Å². The van der Waals surface area contributed by atoms with E-state index in [9.17, 15) is 26.8 Å². The van der Waals surface area contributed by atoms with E-state index in [4.69, 9.17) is 4.52 Å². The summed E-state index contributed by atoms with van der Waals surface area (Å²) in [6, 6.07) is 11.4. The third kappa shape index (κ3) is 9.44. The smallest absolute Gasteiger partial charge is 0.501 e. The first-order chi connectivity index (χ1) is 18.6. The zero-order valence-electron chi connectivity index (χ0n) is 22.2. The number of nitrogens with zero attached hydrogens (tertiary/aromatic N) is 2. The van der Waals surface area contributed by atoms with Gasteiger partial charge >= 0.3 is 5.51 Å². The fraction of sp³-hybridized carbons (Fsp3) is 0.500. The number of benzene rings is 2. The Morgan fingerprint density at radius 3 is 1.87 bits per heavy atom. The van der Waals surface area contributed by atoms with Gasteiger partial charge < -0.3 is 14.8 Å². The summed E-state index contributed by atoms with van der Waals surface area (Å²) in [7, 11) is -5.41. The van der Waals surface area contributed by atoms with Crippen molar-refractivity contribution in [3.8, 4) is 11.5 Å². The van der Waals surface area contributed by atoms with Gasteiger partial charge in [0.25, 0.3) is 15.7 Å². The molecule has 11 heteroatoms. The van der Waals surface area contributed by atoms with Gasteiger partial charge in [0.2, 0.25) is 0 Å². The van der Waals surface area contributed by atoms with E-state index in [2.05, 4.69) is 17.1 Å². The molecule has 1 heterocycles. The summed E-state index contributed by atoms with van der Waals surface area (Å²) in [4.78, 5) is 3.63. The Morgan fingerprint density at radius 2 is 1.33 bits per heavy atom. The minimum Gasteiger partial charge on any atom is -0.634 e. The summed E-state index contributed by atoms with van der Waals surface area (Å²) in [5.41, 5.74) is -3.43. The van der Waals surface area contributed by atoms with Crippen molar-refractivity contribution < 1.29 is 31.2 Å². The van der Waals surface area contributed by atoms with Crippen molar-refractivity contribution in [2.24, 2.45) is 0 Å². The molecule has 7 nitrogen and oxygen atoms in total. The molecule has 0 fully saturated rings. The van der Waals surface area contributed by atoms with Gasteiger partial charge in [-0.2, -0.15) is 18.2 Å². The molecule has 1 N–H and O–H groups in total. The Hall–Kier alpha value is -2.76. The second-order valence-corrected chi connectivity index (χ2v) is 11.7. The van der Waals surface area contributed by atoms with E-state index in [0.29, 0.717) is 17.3 Å². The molecule has 39 heavy (non-hydrogen) atoms. The molecule has 2 aromatic carbocycles. The third-order valence-corrected chi connectivity index (χ3v) is 8.02. The molecule has 0 aliphatic rings. The van der Waals surface area contributed by atoms with Gasteiger partial charge in [-0.05, 0) is 30.7 Å². The molecule has 214 valence electrons. The number of sulfone groups is 1. The first-order valence-electron chi connectivity index (χ1n) is 13.4. The average molecular weight is 568 g/mol. The third-order valence-electron chi connectivity index (χ3n) is 6.51. The number of nitrogens with one attached hydrogen (secondary N) is 1. The monoisotopic (exact) mass is 567 g/mol. The fourth-order valence-electron chi connectivity index (χ4n) is 4.27. The van der Waals surface area contributed by atoms with E-state index in [1.54, 1.807) is 24.3 Å². The predicted molar refractivity (Wildman–Crippen MR) is 142 cm³/mol. The Labute approximate surface area is 227 Å². The van der Waals surface area contributed by atoms with Crippen LogP contribution in [0.25, 0.3) is 11.5 Å². The van der Waals surface area contributed by atoms with Gasteiger partial charge in [-0.15, -0.1) is 0 Å². The van der Waals surface area contributed by atoms with Gasteiger partial charge in [-0.1, -0.05) is 87.7 Å². The molecule has 1 unspecified atom stereocenters. The maximum Gasteiger partial charge on any atom is 0.501 e. The number of hydrogen-bond donors (Lipinski definition) is 1. The molecule has 1 atom stereocenters. The summed E-state index contributed by atoms with van der Waals surface area (Å²) in [6.45, 7) is 2.32. The molecule has 0 saturated heterocycles. The highest BCUT2D eigenvalue weighted by atomic mass is 32.2. The highest BCUT2D eigenvalue weighted by Gasteiger charge is 2.46. The molecule has 0 aliphatic heterocycles. The number of hydroxylamine groups is 2. The van der Waals surface area contributed by atoms with Crippen LogP contribution < -0.4 is 5.06 Å².